The highest BCUT2D eigenvalue weighted by molar-refractivity contribution is 6.63. The molecule has 180 valence electrons. The van der Waals surface area contributed by atoms with E-state index in [1.807, 2.05) is 9.48 Å². The summed E-state index contributed by atoms with van der Waals surface area (Å²) in [5, 5.41) is 16.0. The van der Waals surface area contributed by atoms with Crippen molar-refractivity contribution in [1.29, 1.82) is 0 Å². The molecule has 0 saturated carbocycles. The first-order valence-electron chi connectivity index (χ1n) is 10.1. The minimum Gasteiger partial charge on any atom is -0.548 e. The van der Waals surface area contributed by atoms with E-state index in [1.165, 1.54) is 0 Å². The number of H-pyrrole nitrogens is 1. The van der Waals surface area contributed by atoms with Crippen molar-refractivity contribution in [3.8, 4) is 0 Å². The number of nitrogen functional groups attached to an aromatic ring is 1. The monoisotopic (exact) mass is 509 g/mol. The number of halogens is 2. The number of anilines is 3. The zero-order valence-corrected chi connectivity index (χ0v) is 19.2. The van der Waals surface area contributed by atoms with Crippen LogP contribution in [0.4, 0.5) is 23.1 Å². The fraction of sp³-hybridized carbons (Fsp3) is 0.300. The van der Waals surface area contributed by atoms with Gasteiger partial charge in [-0.15, -0.1) is 12.4 Å². The second kappa shape index (κ2) is 10.1. The number of hydrogen-bond acceptors (Lipinski definition) is 9. The molecule has 0 spiro atoms. The van der Waals surface area contributed by atoms with Gasteiger partial charge in [-0.2, -0.15) is 4.98 Å². The summed E-state index contributed by atoms with van der Waals surface area (Å²) in [5.41, 5.74) is 6.65. The van der Waals surface area contributed by atoms with Crippen LogP contribution in [0, 0.1) is 0 Å². The first-order valence-corrected chi connectivity index (χ1v) is 10.4. The van der Waals surface area contributed by atoms with E-state index >= 15 is 0 Å². The molecule has 14 heteroatoms. The van der Waals surface area contributed by atoms with Gasteiger partial charge in [0.15, 0.2) is 11.9 Å². The number of fused-ring (bicyclic) bond motifs is 3. The number of rotatable bonds is 7. The highest BCUT2D eigenvalue weighted by Gasteiger charge is 2.39. The highest BCUT2D eigenvalue weighted by Crippen LogP contribution is 2.28. The van der Waals surface area contributed by atoms with E-state index in [-0.39, 0.29) is 48.4 Å². The van der Waals surface area contributed by atoms with Gasteiger partial charge >= 0.3 is 5.56 Å². The number of aromatic nitrogens is 2. The zero-order chi connectivity index (χ0) is 23.7. The summed E-state index contributed by atoms with van der Waals surface area (Å²) in [6, 6.07) is 5.17. The fourth-order valence-corrected chi connectivity index (χ4v) is 3.91. The van der Waals surface area contributed by atoms with Crippen LogP contribution in [0.25, 0.3) is 0 Å². The number of nitrogens with one attached hydrogen (secondary N) is 3. The summed E-state index contributed by atoms with van der Waals surface area (Å²) in [6.45, 7) is 1.15. The molecule has 2 aliphatic heterocycles. The van der Waals surface area contributed by atoms with Crippen molar-refractivity contribution in [2.24, 2.45) is 0 Å². The van der Waals surface area contributed by atoms with Crippen molar-refractivity contribution in [2.75, 3.05) is 29.0 Å². The predicted molar refractivity (Wildman–Crippen MR) is 125 cm³/mol. The van der Waals surface area contributed by atoms with Crippen molar-refractivity contribution in [3.63, 3.8) is 0 Å². The second-order valence-electron chi connectivity index (χ2n) is 7.64. The molecule has 12 nitrogen and oxygen atoms in total. The normalized spacial score (nSPS) is 16.8. The summed E-state index contributed by atoms with van der Waals surface area (Å²) < 4.78 is 1.83. The van der Waals surface area contributed by atoms with E-state index in [1.54, 1.807) is 30.6 Å². The zero-order valence-electron chi connectivity index (χ0n) is 17.6. The van der Waals surface area contributed by atoms with Crippen LogP contribution in [-0.4, -0.2) is 63.2 Å². The number of hydrogen-bond donors (Lipinski definition) is 4. The van der Waals surface area contributed by atoms with Crippen LogP contribution in [0.5, 0.6) is 0 Å². The average Bonchev–Trinajstić information content (AvgIpc) is 3.20. The third-order valence-corrected chi connectivity index (χ3v) is 5.61. The second-order valence-corrected chi connectivity index (χ2v) is 8.07. The van der Waals surface area contributed by atoms with Crippen molar-refractivity contribution >= 4 is 70.6 Å². The van der Waals surface area contributed by atoms with Crippen LogP contribution in [0.2, 0.25) is 0 Å². The summed E-state index contributed by atoms with van der Waals surface area (Å²) in [6.07, 6.45) is 1.43. The number of benzene rings is 1. The molecule has 1 unspecified atom stereocenters. The van der Waals surface area contributed by atoms with E-state index in [0.29, 0.717) is 24.6 Å². The summed E-state index contributed by atoms with van der Waals surface area (Å²) in [4.78, 5) is 55.5. The Morgan fingerprint density at radius 2 is 2.03 bits per heavy atom. The quantitative estimate of drug-likeness (QED) is 0.273. The molecule has 1 amide bonds. The Kier molecular flexibility index (Phi) is 7.42. The number of aliphatic carboxylic acids is 1. The lowest BCUT2D eigenvalue weighted by Gasteiger charge is -2.20. The van der Waals surface area contributed by atoms with Gasteiger partial charge in [-0.05, 0) is 42.3 Å². The topological polar surface area (TPSA) is 176 Å². The Labute approximate surface area is 204 Å². The molecule has 5 N–H and O–H groups in total. The number of amides is 1. The number of nitrogens with two attached hydrogens (primary N) is 1. The maximum atomic E-state index is 12.4. The van der Waals surface area contributed by atoms with Crippen LogP contribution >= 0.6 is 24.0 Å². The van der Waals surface area contributed by atoms with Crippen LogP contribution in [0.1, 0.15) is 23.2 Å². The molecule has 0 radical (unpaired) electrons. The minimum absolute atomic E-state index is 0. The molecule has 2 aliphatic rings. The van der Waals surface area contributed by atoms with Crippen molar-refractivity contribution in [1.82, 2.24) is 15.3 Å². The Morgan fingerprint density at radius 1 is 1.32 bits per heavy atom. The molecule has 1 aromatic carbocycles. The lowest BCUT2D eigenvalue weighted by molar-refractivity contribution is -0.468. The van der Waals surface area contributed by atoms with Gasteiger partial charge in [0.05, 0.1) is 18.6 Å². The largest absolute Gasteiger partial charge is 0.548 e. The minimum atomic E-state index is -1.50. The summed E-state index contributed by atoms with van der Waals surface area (Å²) >= 11 is 5.24. The number of carboxylic acid groups (broad SMARTS) is 1. The number of aromatic amines is 1. The Hall–Kier alpha value is -3.64. The molecule has 0 aliphatic carbocycles. The SMILES string of the molecule is Cl.Nc1nc2c(c(=O)[nH]1)[N+]1=CN(c3ccc(C(=O)N[C@@H](CCC(=O)Cl)C(=O)[O-])cc3)CC1CN2. The predicted octanol–water partition coefficient (Wildman–Crippen LogP) is -0.846. The summed E-state index contributed by atoms with van der Waals surface area (Å²) in [7, 11) is 0. The van der Waals surface area contributed by atoms with Gasteiger partial charge in [-0.3, -0.25) is 19.4 Å². The van der Waals surface area contributed by atoms with E-state index in [0.717, 1.165) is 5.69 Å². The van der Waals surface area contributed by atoms with E-state index in [2.05, 4.69) is 20.6 Å². The summed E-state index contributed by atoms with van der Waals surface area (Å²) in [5.74, 6) is -1.67. The smallest absolute Gasteiger partial charge is 0.301 e. The van der Waals surface area contributed by atoms with Crippen LogP contribution in [0.3, 0.4) is 0 Å². The van der Waals surface area contributed by atoms with Crippen molar-refractivity contribution < 1.29 is 24.1 Å². The molecule has 34 heavy (non-hydrogen) atoms. The first kappa shape index (κ1) is 25.0. The van der Waals surface area contributed by atoms with Gasteiger partial charge < -0.3 is 26.3 Å². The van der Waals surface area contributed by atoms with E-state index < -0.39 is 23.2 Å². The number of carbonyl (C=O) groups is 3. The molecular weight excluding hydrogens is 489 g/mol. The lowest BCUT2D eigenvalue weighted by Crippen LogP contribution is -2.48. The van der Waals surface area contributed by atoms with E-state index in [4.69, 9.17) is 17.3 Å². The van der Waals surface area contributed by atoms with Crippen LogP contribution in [-0.2, 0) is 9.59 Å². The third kappa shape index (κ3) is 5.13. The molecule has 2 aromatic rings. The molecule has 2 atom stereocenters. The van der Waals surface area contributed by atoms with Crippen LogP contribution < -0.4 is 31.9 Å². The van der Waals surface area contributed by atoms with Gasteiger partial charge in [0.1, 0.15) is 12.2 Å². The molecule has 0 bridgehead atoms. The van der Waals surface area contributed by atoms with Gasteiger partial charge in [0, 0.05) is 12.0 Å². The Morgan fingerprint density at radius 3 is 2.68 bits per heavy atom. The standard InChI is InChI=1S/C20H20ClN7O5.ClH/c21-14(29)6-5-13(19(32)33)24-17(30)10-1-3-11(4-2-10)27-8-12-7-23-16-15(28(12)9-27)18(31)26-20(22)25-16;/h1-4,9,12-13H,5-8H2,(H5-,22,23,24,25,26,30,31,32,33);1H/t12?,13-;/m0./s1. The fourth-order valence-electron chi connectivity index (χ4n) is 3.80. The number of nitrogens with zero attached hydrogens (tertiary/aromatic N) is 3. The van der Waals surface area contributed by atoms with Crippen molar-refractivity contribution in [3.05, 3.63) is 40.2 Å². The van der Waals surface area contributed by atoms with Gasteiger partial charge in [-0.1, -0.05) is 0 Å². The number of carboxylic acids is 1. The maximum Gasteiger partial charge on any atom is 0.301 e. The number of carbonyl (C=O) groups excluding carboxylic acids is 3. The third-order valence-electron chi connectivity index (χ3n) is 5.42. The van der Waals surface area contributed by atoms with Crippen LogP contribution in [0.15, 0.2) is 29.1 Å². The van der Waals surface area contributed by atoms with Gasteiger partial charge in [0.25, 0.3) is 5.91 Å². The molecule has 4 rings (SSSR count). The molecule has 1 aromatic heterocycles. The maximum absolute atomic E-state index is 12.4. The highest BCUT2D eigenvalue weighted by atomic mass is 35.5. The molecule has 0 fully saturated rings. The Bertz CT molecular complexity index is 1210. The first-order chi connectivity index (χ1) is 15.7. The molecular formula is C20H21Cl2N7O5. The molecule has 3 heterocycles. The van der Waals surface area contributed by atoms with Gasteiger partial charge in [-0.25, -0.2) is 9.48 Å². The lowest BCUT2D eigenvalue weighted by atomic mass is 10.1. The average molecular weight is 510 g/mol. The van der Waals surface area contributed by atoms with Crippen molar-refractivity contribution in [2.45, 2.75) is 24.9 Å². The molecule has 0 saturated heterocycles. The Balaban J connectivity index is 0.00000324. The van der Waals surface area contributed by atoms with Gasteiger partial charge in [0.2, 0.25) is 23.2 Å². The van der Waals surface area contributed by atoms with E-state index in [9.17, 15) is 24.3 Å².